The Hall–Kier alpha value is -6.58. The van der Waals surface area contributed by atoms with E-state index < -0.39 is 52.7 Å². The van der Waals surface area contributed by atoms with Gasteiger partial charge < -0.3 is 21.5 Å². The second-order valence-electron chi connectivity index (χ2n) is 14.2. The molecule has 23 heteroatoms. The van der Waals surface area contributed by atoms with Crippen molar-refractivity contribution in [1.82, 2.24) is 29.9 Å². The fourth-order valence-electron chi connectivity index (χ4n) is 5.48. The van der Waals surface area contributed by atoms with Crippen LogP contribution in [0.4, 0.5) is 35.4 Å². The van der Waals surface area contributed by atoms with E-state index >= 15 is 0 Å². The maximum atomic E-state index is 13.6. The van der Waals surface area contributed by atoms with Crippen molar-refractivity contribution in [2.75, 3.05) is 16.8 Å². The molecule has 0 aliphatic rings. The molecule has 8 rings (SSSR count). The molecule has 0 atom stereocenters. The summed E-state index contributed by atoms with van der Waals surface area (Å²) < 4.78 is 53.2. The highest BCUT2D eigenvalue weighted by atomic mass is 79.9. The first kappa shape index (κ1) is 56.0. The molecule has 0 fully saturated rings. The first-order valence-electron chi connectivity index (χ1n) is 19.8. The number of nitrogens with zero attached hydrogens (tertiary/aromatic N) is 6. The Morgan fingerprint density at radius 2 is 0.943 bits per heavy atom. The first-order valence-corrected chi connectivity index (χ1v) is 22.1. The van der Waals surface area contributed by atoms with E-state index in [1.54, 1.807) is 43.0 Å². The third kappa shape index (κ3) is 17.1. The number of benzene rings is 5. The highest BCUT2D eigenvalue weighted by Gasteiger charge is 2.19. The van der Waals surface area contributed by atoms with Gasteiger partial charge in [-0.1, -0.05) is 87.9 Å². The molecule has 8 aromatic rings. The molecule has 3 aromatic heterocycles. The SMILES string of the molecule is Cc1ccc(Cl)c(-c2cnc(N)nc2)c1.Cc1ccc(Cl)c(-c2cnc(NC(=O)c3c(F)cccc3F)nc2)c1.Cc1ccc(Cl)c(B(O)O)c1.Nc1ncc(Br)cn1.O=C(Cl)c1c(F)cccc1F. The van der Waals surface area contributed by atoms with E-state index in [4.69, 9.17) is 67.9 Å². The Balaban J connectivity index is 0.000000203. The summed E-state index contributed by atoms with van der Waals surface area (Å²) in [5.74, 6) is -4.26. The third-order valence-corrected chi connectivity index (χ3v) is 10.4. The van der Waals surface area contributed by atoms with E-state index in [1.807, 2.05) is 57.2 Å². The van der Waals surface area contributed by atoms with Gasteiger partial charge in [-0.2, -0.15) is 0 Å². The highest BCUT2D eigenvalue weighted by molar-refractivity contribution is 9.10. The molecule has 0 saturated carbocycles. The summed E-state index contributed by atoms with van der Waals surface area (Å²) in [6.45, 7) is 5.80. The molecule has 70 heavy (non-hydrogen) atoms. The van der Waals surface area contributed by atoms with Gasteiger partial charge in [-0.05, 0) is 103 Å². The standard InChI is InChI=1S/C18H12ClF2N3O.C11H10ClN3.C7H8BClO2.C7H3ClF2O.C4H4BrN3/c1-10-5-6-13(19)12(7-10)11-8-22-18(23-9-11)24-17(25)16-14(20)3-2-4-15(16)21;1-7-2-3-10(12)9(4-7)8-5-14-11(13)15-6-8;1-5-2-3-7(9)6(4-5)8(10)11;8-7(11)6-4(9)2-1-3-5(6)10;5-3-1-7-4(6)8-2-3/h2-9H,1H3,(H,22,23,24,25);2-6H,1H3,(H2,13,14,15);2-4,10-11H,1H3;1-3H;1-2H,(H2,6,7,8). The van der Waals surface area contributed by atoms with Crippen molar-refractivity contribution in [3.63, 3.8) is 0 Å². The monoisotopic (exact) mass is 1100 g/mol. The lowest BCUT2D eigenvalue weighted by molar-refractivity contribution is 0.101. The van der Waals surface area contributed by atoms with Gasteiger partial charge in [0, 0.05) is 80.0 Å². The van der Waals surface area contributed by atoms with E-state index in [1.165, 1.54) is 18.5 Å². The molecule has 0 bridgehead atoms. The number of nitrogens with one attached hydrogen (secondary N) is 1. The Morgan fingerprint density at radius 1 is 0.571 bits per heavy atom. The molecule has 5 aromatic carbocycles. The van der Waals surface area contributed by atoms with Crippen LogP contribution in [0.3, 0.4) is 0 Å². The Bertz CT molecular complexity index is 3000. The largest absolute Gasteiger partial charge is 0.489 e. The molecule has 0 aliphatic heterocycles. The average molecular weight is 1100 g/mol. The van der Waals surface area contributed by atoms with E-state index in [9.17, 15) is 27.2 Å². The number of hydrogen-bond donors (Lipinski definition) is 5. The quantitative estimate of drug-likeness (QED) is 0.0597. The van der Waals surface area contributed by atoms with Gasteiger partial charge in [0.1, 0.15) is 34.4 Å². The van der Waals surface area contributed by atoms with Gasteiger partial charge in [0.15, 0.2) is 0 Å². The van der Waals surface area contributed by atoms with Gasteiger partial charge >= 0.3 is 7.12 Å². The van der Waals surface area contributed by atoms with Gasteiger partial charge in [0.05, 0.1) is 4.47 Å². The minimum Gasteiger partial charge on any atom is -0.423 e. The molecule has 1 amide bonds. The predicted molar refractivity (Wildman–Crippen MR) is 270 cm³/mol. The van der Waals surface area contributed by atoms with Crippen molar-refractivity contribution in [3.8, 4) is 22.3 Å². The smallest absolute Gasteiger partial charge is 0.423 e. The number of aryl methyl sites for hydroxylation is 3. The van der Waals surface area contributed by atoms with Gasteiger partial charge in [-0.15, -0.1) is 0 Å². The number of nitrogen functional groups attached to an aromatic ring is 2. The van der Waals surface area contributed by atoms with E-state index in [0.29, 0.717) is 32.0 Å². The normalized spacial score (nSPS) is 10.1. The molecular formula is C47H37BBrCl4F4N9O4. The van der Waals surface area contributed by atoms with Crippen LogP contribution in [0.25, 0.3) is 22.3 Å². The van der Waals surface area contributed by atoms with E-state index in [0.717, 1.165) is 68.2 Å². The summed E-state index contributed by atoms with van der Waals surface area (Å²) in [5, 5.41) is 20.4. The number of carbonyl (C=O) groups is 2. The molecule has 0 aliphatic carbocycles. The van der Waals surface area contributed by atoms with Gasteiger partial charge in [0.2, 0.25) is 17.8 Å². The predicted octanol–water partition coefficient (Wildman–Crippen LogP) is 10.8. The summed E-state index contributed by atoms with van der Waals surface area (Å²) in [7, 11) is -1.48. The maximum absolute atomic E-state index is 13.6. The van der Waals surface area contributed by atoms with Gasteiger partial charge in [-0.25, -0.2) is 47.5 Å². The molecule has 7 N–H and O–H groups in total. The molecule has 0 saturated heterocycles. The molecule has 360 valence electrons. The molecule has 0 radical (unpaired) electrons. The van der Waals surface area contributed by atoms with Crippen molar-refractivity contribution in [3.05, 3.63) is 199 Å². The van der Waals surface area contributed by atoms with Gasteiger partial charge in [0.25, 0.3) is 11.1 Å². The molecule has 0 unspecified atom stereocenters. The Morgan fingerprint density at radius 3 is 1.31 bits per heavy atom. The topological polar surface area (TPSA) is 216 Å². The average Bonchev–Trinajstić information content (AvgIpc) is 3.31. The summed E-state index contributed by atoms with van der Waals surface area (Å²) in [6, 6.07) is 22.7. The lowest BCUT2D eigenvalue weighted by Crippen LogP contribution is -2.30. The van der Waals surface area contributed by atoms with E-state index in [-0.39, 0.29) is 11.9 Å². The van der Waals surface area contributed by atoms with Crippen molar-refractivity contribution >= 4 is 104 Å². The number of halogens is 9. The number of anilines is 3. The van der Waals surface area contributed by atoms with Crippen molar-refractivity contribution in [2.45, 2.75) is 20.8 Å². The van der Waals surface area contributed by atoms with Crippen molar-refractivity contribution in [2.24, 2.45) is 0 Å². The van der Waals surface area contributed by atoms with Crippen LogP contribution in [-0.2, 0) is 0 Å². The van der Waals surface area contributed by atoms with Crippen molar-refractivity contribution in [1.29, 1.82) is 0 Å². The van der Waals surface area contributed by atoms with Crippen LogP contribution < -0.4 is 22.2 Å². The number of carbonyl (C=O) groups excluding carboxylic acids is 2. The second kappa shape index (κ2) is 27.0. The number of hydrogen-bond acceptors (Lipinski definition) is 12. The van der Waals surface area contributed by atoms with Crippen LogP contribution in [0, 0.1) is 44.0 Å². The number of nitrogens with two attached hydrogens (primary N) is 2. The van der Waals surface area contributed by atoms with Crippen LogP contribution in [0.2, 0.25) is 15.1 Å². The summed E-state index contributed by atoms with van der Waals surface area (Å²) in [6.07, 6.45) is 9.48. The minimum absolute atomic E-state index is 0.0693. The third-order valence-electron chi connectivity index (χ3n) is 8.83. The number of aromatic nitrogens is 6. The molecule has 13 nitrogen and oxygen atoms in total. The van der Waals surface area contributed by atoms with Crippen LogP contribution in [-0.4, -0.2) is 58.2 Å². The minimum atomic E-state index is -1.48. The highest BCUT2D eigenvalue weighted by Crippen LogP contribution is 2.29. The summed E-state index contributed by atoms with van der Waals surface area (Å²) >= 11 is 26.0. The zero-order chi connectivity index (χ0) is 51.7. The Labute approximate surface area is 427 Å². The number of amides is 1. The van der Waals surface area contributed by atoms with Crippen LogP contribution in [0.1, 0.15) is 37.4 Å². The fraction of sp³-hybridized carbons (Fsp3) is 0.0638. The van der Waals surface area contributed by atoms with Crippen LogP contribution in [0.15, 0.2) is 133 Å². The second-order valence-corrected chi connectivity index (χ2v) is 16.7. The van der Waals surface area contributed by atoms with Gasteiger partial charge in [-0.3, -0.25) is 14.9 Å². The Kier molecular flexibility index (Phi) is 21.6. The molecule has 3 heterocycles. The number of rotatable bonds is 6. The fourth-order valence-corrected chi connectivity index (χ4v) is 6.53. The van der Waals surface area contributed by atoms with Crippen molar-refractivity contribution < 1.29 is 37.2 Å². The zero-order valence-corrected chi connectivity index (χ0v) is 41.3. The van der Waals surface area contributed by atoms with Crippen LogP contribution in [0.5, 0.6) is 0 Å². The lowest BCUT2D eigenvalue weighted by Gasteiger charge is -2.08. The first-order chi connectivity index (χ1) is 33.1. The van der Waals surface area contributed by atoms with Crippen LogP contribution >= 0.6 is 62.3 Å². The zero-order valence-electron chi connectivity index (χ0n) is 36.7. The van der Waals surface area contributed by atoms with E-state index in [2.05, 4.69) is 51.2 Å². The maximum Gasteiger partial charge on any atom is 0.489 e. The molecule has 0 spiro atoms. The summed E-state index contributed by atoms with van der Waals surface area (Å²) in [4.78, 5) is 45.7. The molecular weight excluding hydrogens is 1060 g/mol. The lowest BCUT2D eigenvalue weighted by atomic mass is 9.79. The summed E-state index contributed by atoms with van der Waals surface area (Å²) in [5.41, 5.74) is 15.9.